The number of carbonyl (C=O) groups excluding carboxylic acids is 1. The third-order valence-corrected chi connectivity index (χ3v) is 7.09. The van der Waals surface area contributed by atoms with E-state index in [4.69, 9.17) is 11.6 Å². The van der Waals surface area contributed by atoms with Gasteiger partial charge >= 0.3 is 0 Å². The van der Waals surface area contributed by atoms with Gasteiger partial charge in [0.2, 0.25) is 15.9 Å². The molecule has 3 aromatic rings. The summed E-state index contributed by atoms with van der Waals surface area (Å²) in [7, 11) is -3.85. The number of benzene rings is 3. The number of fused-ring (bicyclic) bond motifs is 1. The number of sulfonamides is 1. The van der Waals surface area contributed by atoms with Gasteiger partial charge < -0.3 is 5.32 Å². The van der Waals surface area contributed by atoms with Crippen LogP contribution in [-0.2, 0) is 27.8 Å². The molecule has 0 fully saturated rings. The highest BCUT2D eigenvalue weighted by Crippen LogP contribution is 2.30. The van der Waals surface area contributed by atoms with Crippen LogP contribution in [0.25, 0.3) is 0 Å². The zero-order valence-corrected chi connectivity index (χ0v) is 17.0. The molecule has 3 aromatic carbocycles. The Hall–Kier alpha value is -2.67. The van der Waals surface area contributed by atoms with Gasteiger partial charge in [-0.1, -0.05) is 54.1 Å². The molecule has 7 heteroatoms. The van der Waals surface area contributed by atoms with Crippen LogP contribution in [0.3, 0.4) is 0 Å². The van der Waals surface area contributed by atoms with E-state index in [0.29, 0.717) is 17.1 Å². The van der Waals surface area contributed by atoms with Crippen molar-refractivity contribution in [2.75, 3.05) is 5.32 Å². The first-order valence-corrected chi connectivity index (χ1v) is 11.0. The minimum atomic E-state index is -3.85. The topological polar surface area (TPSA) is 66.5 Å². The van der Waals surface area contributed by atoms with Crippen LogP contribution in [0.2, 0.25) is 5.02 Å². The number of nitrogens with zero attached hydrogens (tertiary/aromatic N) is 1. The van der Waals surface area contributed by atoms with E-state index in [0.717, 1.165) is 11.1 Å². The van der Waals surface area contributed by atoms with E-state index in [1.807, 2.05) is 24.3 Å². The minimum Gasteiger partial charge on any atom is -0.325 e. The summed E-state index contributed by atoms with van der Waals surface area (Å²) in [6, 6.07) is 21.7. The molecule has 0 aliphatic carbocycles. The number of nitrogens with one attached hydrogen (secondary N) is 1. The Balaban J connectivity index is 1.70. The Morgan fingerprint density at radius 3 is 2.21 bits per heavy atom. The summed E-state index contributed by atoms with van der Waals surface area (Å²) in [5.74, 6) is -0.374. The van der Waals surface area contributed by atoms with Gasteiger partial charge in [-0.3, -0.25) is 4.79 Å². The SMILES string of the molecule is O=C(Nc1ccc(Cl)cc1)[C@H]1Cc2ccccc2CN1S(=O)(=O)c1ccccc1. The molecule has 0 unspecified atom stereocenters. The van der Waals surface area contributed by atoms with Gasteiger partial charge in [0.25, 0.3) is 0 Å². The average molecular weight is 427 g/mol. The summed E-state index contributed by atoms with van der Waals surface area (Å²) in [5.41, 5.74) is 2.45. The van der Waals surface area contributed by atoms with E-state index < -0.39 is 16.1 Å². The number of hydrogen-bond donors (Lipinski definition) is 1. The van der Waals surface area contributed by atoms with E-state index in [9.17, 15) is 13.2 Å². The molecule has 4 rings (SSSR count). The Morgan fingerprint density at radius 2 is 1.52 bits per heavy atom. The van der Waals surface area contributed by atoms with Gasteiger partial charge in [0.15, 0.2) is 0 Å². The quantitative estimate of drug-likeness (QED) is 0.683. The lowest BCUT2D eigenvalue weighted by molar-refractivity contribution is -0.120. The van der Waals surface area contributed by atoms with Gasteiger partial charge in [0.1, 0.15) is 6.04 Å². The minimum absolute atomic E-state index is 0.145. The molecule has 5 nitrogen and oxygen atoms in total. The molecule has 0 saturated carbocycles. The second-order valence-corrected chi connectivity index (χ2v) is 9.18. The summed E-state index contributed by atoms with van der Waals surface area (Å²) < 4.78 is 28.0. The maximum absolute atomic E-state index is 13.3. The summed E-state index contributed by atoms with van der Waals surface area (Å²) in [6.45, 7) is 0.145. The Morgan fingerprint density at radius 1 is 0.897 bits per heavy atom. The summed E-state index contributed by atoms with van der Waals surface area (Å²) >= 11 is 5.90. The molecular formula is C22H19ClN2O3S. The van der Waals surface area contributed by atoms with Crippen LogP contribution >= 0.6 is 11.6 Å². The molecule has 0 saturated heterocycles. The maximum Gasteiger partial charge on any atom is 0.244 e. The monoisotopic (exact) mass is 426 g/mol. The number of anilines is 1. The van der Waals surface area contributed by atoms with Crippen molar-refractivity contribution >= 4 is 33.2 Å². The van der Waals surface area contributed by atoms with Gasteiger partial charge in [-0.05, 0) is 53.9 Å². The summed E-state index contributed by atoms with van der Waals surface area (Å²) in [4.78, 5) is 13.3. The molecule has 1 aliphatic heterocycles. The van der Waals surface area contributed by atoms with E-state index in [2.05, 4.69) is 5.32 Å². The predicted molar refractivity (Wildman–Crippen MR) is 113 cm³/mol. The molecule has 0 aromatic heterocycles. The average Bonchev–Trinajstić information content (AvgIpc) is 2.75. The first-order valence-electron chi connectivity index (χ1n) is 9.15. The van der Waals surface area contributed by atoms with Crippen molar-refractivity contribution in [1.29, 1.82) is 0 Å². The second-order valence-electron chi connectivity index (χ2n) is 6.85. The molecule has 1 atom stereocenters. The summed E-state index contributed by atoms with van der Waals surface area (Å²) in [5, 5.41) is 3.38. The number of rotatable bonds is 4. The zero-order valence-electron chi connectivity index (χ0n) is 15.5. The number of carbonyl (C=O) groups is 1. The van der Waals surface area contributed by atoms with Crippen molar-refractivity contribution in [2.24, 2.45) is 0 Å². The lowest BCUT2D eigenvalue weighted by Crippen LogP contribution is -2.50. The molecule has 0 spiro atoms. The molecule has 1 heterocycles. The third-order valence-electron chi connectivity index (χ3n) is 4.97. The van der Waals surface area contributed by atoms with Gasteiger partial charge in [-0.25, -0.2) is 8.42 Å². The first-order chi connectivity index (χ1) is 13.9. The van der Waals surface area contributed by atoms with Crippen molar-refractivity contribution < 1.29 is 13.2 Å². The third kappa shape index (κ3) is 4.05. The fourth-order valence-corrected chi connectivity index (χ4v) is 5.17. The standard InChI is InChI=1S/C22H19ClN2O3S/c23-18-10-12-19(13-11-18)24-22(26)21-14-16-6-4-5-7-17(16)15-25(21)29(27,28)20-8-2-1-3-9-20/h1-13,21H,14-15H2,(H,24,26)/t21-/m1/s1. The van der Waals surface area contributed by atoms with Crippen LogP contribution in [0.15, 0.2) is 83.8 Å². The lowest BCUT2D eigenvalue weighted by atomic mass is 9.95. The highest BCUT2D eigenvalue weighted by molar-refractivity contribution is 7.89. The molecule has 29 heavy (non-hydrogen) atoms. The Labute approximate surface area is 175 Å². The van der Waals surface area contributed by atoms with Gasteiger partial charge in [0.05, 0.1) is 4.90 Å². The van der Waals surface area contributed by atoms with E-state index in [1.165, 1.54) is 4.31 Å². The fraction of sp³-hybridized carbons (Fsp3) is 0.136. The van der Waals surface area contributed by atoms with Gasteiger partial charge in [0, 0.05) is 17.3 Å². The molecule has 1 N–H and O–H groups in total. The van der Waals surface area contributed by atoms with Crippen LogP contribution in [0, 0.1) is 0 Å². The van der Waals surface area contributed by atoms with E-state index >= 15 is 0 Å². The van der Waals surface area contributed by atoms with Crippen LogP contribution in [0.4, 0.5) is 5.69 Å². The van der Waals surface area contributed by atoms with Crippen molar-refractivity contribution in [3.05, 3.63) is 95.0 Å². The Kier molecular flexibility index (Phi) is 5.41. The molecule has 0 bridgehead atoms. The number of halogens is 1. The normalized spacial score (nSPS) is 16.8. The van der Waals surface area contributed by atoms with Crippen molar-refractivity contribution in [3.63, 3.8) is 0 Å². The number of hydrogen-bond acceptors (Lipinski definition) is 3. The van der Waals surface area contributed by atoms with Crippen molar-refractivity contribution in [3.8, 4) is 0 Å². The van der Waals surface area contributed by atoms with E-state index in [1.54, 1.807) is 54.6 Å². The lowest BCUT2D eigenvalue weighted by Gasteiger charge is -2.35. The van der Waals surface area contributed by atoms with Crippen LogP contribution in [0.5, 0.6) is 0 Å². The molecule has 148 valence electrons. The zero-order chi connectivity index (χ0) is 20.4. The van der Waals surface area contributed by atoms with Gasteiger partial charge in [-0.15, -0.1) is 0 Å². The van der Waals surface area contributed by atoms with Crippen LogP contribution in [-0.4, -0.2) is 24.7 Å². The molecule has 1 aliphatic rings. The maximum atomic E-state index is 13.3. The van der Waals surface area contributed by atoms with E-state index in [-0.39, 0.29) is 17.3 Å². The molecule has 1 amide bonds. The first kappa shape index (κ1) is 19.6. The predicted octanol–water partition coefficient (Wildman–Crippen LogP) is 4.09. The largest absolute Gasteiger partial charge is 0.325 e. The molecular weight excluding hydrogens is 408 g/mol. The van der Waals surface area contributed by atoms with Crippen molar-refractivity contribution in [1.82, 2.24) is 4.31 Å². The van der Waals surface area contributed by atoms with Crippen molar-refractivity contribution in [2.45, 2.75) is 23.9 Å². The molecule has 0 radical (unpaired) electrons. The van der Waals surface area contributed by atoms with Crippen LogP contribution < -0.4 is 5.32 Å². The second kappa shape index (κ2) is 7.99. The van der Waals surface area contributed by atoms with Gasteiger partial charge in [-0.2, -0.15) is 4.31 Å². The van der Waals surface area contributed by atoms with Crippen LogP contribution in [0.1, 0.15) is 11.1 Å². The highest BCUT2D eigenvalue weighted by Gasteiger charge is 2.39. The summed E-state index contributed by atoms with van der Waals surface area (Å²) in [6.07, 6.45) is 0.307. The highest BCUT2D eigenvalue weighted by atomic mass is 35.5. The smallest absolute Gasteiger partial charge is 0.244 e. The fourth-order valence-electron chi connectivity index (χ4n) is 3.46. The Bertz CT molecular complexity index is 1130. The number of amides is 1.